The summed E-state index contributed by atoms with van der Waals surface area (Å²) in [5.41, 5.74) is 0. The van der Waals surface area contributed by atoms with E-state index in [2.05, 4.69) is 24.3 Å². The van der Waals surface area contributed by atoms with Gasteiger partial charge in [0.1, 0.15) is 5.75 Å². The van der Waals surface area contributed by atoms with Crippen molar-refractivity contribution >= 4 is 16.7 Å². The number of hydrogen-bond acceptors (Lipinski definition) is 2. The van der Waals surface area contributed by atoms with Crippen molar-refractivity contribution in [2.24, 2.45) is 41.4 Å². The van der Waals surface area contributed by atoms with Crippen molar-refractivity contribution < 1.29 is 9.53 Å². The minimum absolute atomic E-state index is 0.00839. The molecule has 7 atom stereocenters. The third kappa shape index (κ3) is 1.88. The zero-order valence-corrected chi connectivity index (χ0v) is 14.2. The Kier molecular flexibility index (Phi) is 2.81. The molecule has 6 rings (SSSR count). The molecular formula is C23H22O2. The molecule has 0 heterocycles. The quantitative estimate of drug-likeness (QED) is 0.341. The second-order valence-electron chi connectivity index (χ2n) is 8.50. The Labute approximate surface area is 147 Å². The minimum atomic E-state index is 0.00839. The summed E-state index contributed by atoms with van der Waals surface area (Å²) < 4.78 is 5.94. The van der Waals surface area contributed by atoms with Crippen molar-refractivity contribution in [3.63, 3.8) is 0 Å². The lowest BCUT2D eigenvalue weighted by Crippen LogP contribution is -2.36. The van der Waals surface area contributed by atoms with Crippen molar-refractivity contribution in [2.45, 2.75) is 19.3 Å². The molecule has 0 aromatic heterocycles. The van der Waals surface area contributed by atoms with Crippen LogP contribution in [-0.2, 0) is 4.79 Å². The van der Waals surface area contributed by atoms with Crippen LogP contribution in [0.1, 0.15) is 19.3 Å². The molecule has 2 aromatic rings. The molecule has 0 spiro atoms. The Hall–Kier alpha value is -2.09. The Morgan fingerprint density at radius 2 is 1.68 bits per heavy atom. The fourth-order valence-electron chi connectivity index (χ4n) is 6.76. The first kappa shape index (κ1) is 14.1. The molecule has 0 amide bonds. The molecule has 4 aliphatic carbocycles. The Balaban J connectivity index is 1.28. The number of benzene rings is 2. The molecule has 2 nitrogen and oxygen atoms in total. The van der Waals surface area contributed by atoms with E-state index in [1.54, 1.807) is 0 Å². The van der Waals surface area contributed by atoms with Gasteiger partial charge in [-0.1, -0.05) is 48.6 Å². The lowest BCUT2D eigenvalue weighted by molar-refractivity contribution is -0.142. The van der Waals surface area contributed by atoms with E-state index < -0.39 is 0 Å². The molecule has 126 valence electrons. The molecule has 0 saturated heterocycles. The molecule has 2 heteroatoms. The SMILES string of the molecule is O=C(Oc1cccc2ccccc12)C1CC2CC1C1C3C=CC(C3)C21. The molecule has 3 fully saturated rings. The minimum Gasteiger partial charge on any atom is -0.426 e. The first-order valence-corrected chi connectivity index (χ1v) is 9.67. The van der Waals surface area contributed by atoms with Gasteiger partial charge in [0.2, 0.25) is 0 Å². The summed E-state index contributed by atoms with van der Waals surface area (Å²) in [6.45, 7) is 0. The highest BCUT2D eigenvalue weighted by Gasteiger charge is 2.62. The number of esters is 1. The van der Waals surface area contributed by atoms with Crippen LogP contribution in [0.5, 0.6) is 5.75 Å². The number of hydrogen-bond donors (Lipinski definition) is 0. The van der Waals surface area contributed by atoms with Gasteiger partial charge in [-0.25, -0.2) is 0 Å². The third-order valence-electron chi connectivity index (χ3n) is 7.53. The van der Waals surface area contributed by atoms with Crippen molar-refractivity contribution in [3.8, 4) is 5.75 Å². The molecule has 2 aromatic carbocycles. The highest BCUT2D eigenvalue weighted by Crippen LogP contribution is 2.67. The lowest BCUT2D eigenvalue weighted by atomic mass is 9.69. The highest BCUT2D eigenvalue weighted by atomic mass is 16.5. The standard InChI is InChI=1S/C23H22O2/c24-23(25-20-7-3-5-13-4-1-2-6-17(13)20)19-12-16-11-18(19)22-15-9-8-14(10-15)21(16)22/h1-9,14-16,18-19,21-22H,10-12H2. The molecule has 25 heavy (non-hydrogen) atoms. The van der Waals surface area contributed by atoms with Gasteiger partial charge in [0, 0.05) is 5.39 Å². The van der Waals surface area contributed by atoms with Gasteiger partial charge in [0.05, 0.1) is 5.92 Å². The number of allylic oxidation sites excluding steroid dienone is 2. The van der Waals surface area contributed by atoms with Crippen molar-refractivity contribution in [1.29, 1.82) is 0 Å². The maximum absolute atomic E-state index is 13.0. The average Bonchev–Trinajstić information content (AvgIpc) is 3.40. The van der Waals surface area contributed by atoms with Gasteiger partial charge < -0.3 is 4.74 Å². The number of fused-ring (bicyclic) bond motifs is 10. The Bertz CT molecular complexity index is 893. The van der Waals surface area contributed by atoms with Gasteiger partial charge in [-0.05, 0) is 66.2 Å². The van der Waals surface area contributed by atoms with E-state index in [9.17, 15) is 4.79 Å². The van der Waals surface area contributed by atoms with Crippen LogP contribution in [-0.4, -0.2) is 5.97 Å². The van der Waals surface area contributed by atoms with Gasteiger partial charge in [0.15, 0.2) is 0 Å². The number of rotatable bonds is 2. The molecule has 3 saturated carbocycles. The van der Waals surface area contributed by atoms with Crippen LogP contribution in [0, 0.1) is 41.4 Å². The number of carbonyl (C=O) groups is 1. The number of carbonyl (C=O) groups excluding carboxylic acids is 1. The normalized spacial score (nSPS) is 39.9. The molecule has 4 aliphatic rings. The summed E-state index contributed by atoms with van der Waals surface area (Å²) >= 11 is 0. The second-order valence-corrected chi connectivity index (χ2v) is 8.50. The molecule has 0 aliphatic heterocycles. The first-order valence-electron chi connectivity index (χ1n) is 9.67. The largest absolute Gasteiger partial charge is 0.426 e. The summed E-state index contributed by atoms with van der Waals surface area (Å²) in [6.07, 6.45) is 8.52. The zero-order chi connectivity index (χ0) is 16.5. The summed E-state index contributed by atoms with van der Waals surface area (Å²) in [5.74, 6) is 5.29. The Morgan fingerprint density at radius 3 is 2.60 bits per heavy atom. The van der Waals surface area contributed by atoms with Crippen molar-refractivity contribution in [2.75, 3.05) is 0 Å². The molecule has 4 bridgehead atoms. The van der Waals surface area contributed by atoms with E-state index in [0.29, 0.717) is 5.92 Å². The van der Waals surface area contributed by atoms with Crippen molar-refractivity contribution in [1.82, 2.24) is 0 Å². The van der Waals surface area contributed by atoms with E-state index in [0.717, 1.165) is 52.5 Å². The third-order valence-corrected chi connectivity index (χ3v) is 7.53. The number of ether oxygens (including phenoxy) is 1. The summed E-state index contributed by atoms with van der Waals surface area (Å²) in [4.78, 5) is 13.0. The molecule has 7 unspecified atom stereocenters. The van der Waals surface area contributed by atoms with Crippen LogP contribution >= 0.6 is 0 Å². The van der Waals surface area contributed by atoms with E-state index in [1.165, 1.54) is 12.8 Å². The molecule has 0 N–H and O–H groups in total. The van der Waals surface area contributed by atoms with Crippen LogP contribution in [0.4, 0.5) is 0 Å². The van der Waals surface area contributed by atoms with Gasteiger partial charge in [-0.2, -0.15) is 0 Å². The summed E-state index contributed by atoms with van der Waals surface area (Å²) in [5, 5.41) is 2.15. The highest BCUT2D eigenvalue weighted by molar-refractivity contribution is 5.90. The van der Waals surface area contributed by atoms with E-state index in [-0.39, 0.29) is 11.9 Å². The van der Waals surface area contributed by atoms with Crippen LogP contribution in [0.2, 0.25) is 0 Å². The maximum atomic E-state index is 13.0. The van der Waals surface area contributed by atoms with Gasteiger partial charge in [-0.3, -0.25) is 4.79 Å². The van der Waals surface area contributed by atoms with E-state index in [1.807, 2.05) is 30.3 Å². The fraction of sp³-hybridized carbons (Fsp3) is 0.435. The van der Waals surface area contributed by atoms with Crippen molar-refractivity contribution in [3.05, 3.63) is 54.6 Å². The first-order chi connectivity index (χ1) is 12.3. The molecular weight excluding hydrogens is 308 g/mol. The summed E-state index contributed by atoms with van der Waals surface area (Å²) in [6, 6.07) is 14.1. The predicted octanol–water partition coefficient (Wildman–Crippen LogP) is 4.84. The zero-order valence-electron chi connectivity index (χ0n) is 14.2. The monoisotopic (exact) mass is 330 g/mol. The van der Waals surface area contributed by atoms with Crippen LogP contribution in [0.3, 0.4) is 0 Å². The average molecular weight is 330 g/mol. The van der Waals surface area contributed by atoms with Gasteiger partial charge in [0.25, 0.3) is 0 Å². The van der Waals surface area contributed by atoms with Crippen LogP contribution in [0.15, 0.2) is 54.6 Å². The van der Waals surface area contributed by atoms with Crippen LogP contribution < -0.4 is 4.74 Å². The fourth-order valence-corrected chi connectivity index (χ4v) is 6.76. The smallest absolute Gasteiger partial charge is 0.314 e. The Morgan fingerprint density at radius 1 is 0.880 bits per heavy atom. The maximum Gasteiger partial charge on any atom is 0.314 e. The molecule has 0 radical (unpaired) electrons. The lowest BCUT2D eigenvalue weighted by Gasteiger charge is -2.35. The van der Waals surface area contributed by atoms with E-state index >= 15 is 0 Å². The van der Waals surface area contributed by atoms with Gasteiger partial charge in [-0.15, -0.1) is 0 Å². The topological polar surface area (TPSA) is 26.3 Å². The summed E-state index contributed by atoms with van der Waals surface area (Å²) in [7, 11) is 0. The van der Waals surface area contributed by atoms with Crippen LogP contribution in [0.25, 0.3) is 10.8 Å². The van der Waals surface area contributed by atoms with E-state index in [4.69, 9.17) is 4.74 Å². The predicted molar refractivity (Wildman–Crippen MR) is 97.0 cm³/mol. The van der Waals surface area contributed by atoms with Gasteiger partial charge >= 0.3 is 5.97 Å². The second kappa shape index (κ2) is 4.97.